The van der Waals surface area contributed by atoms with Crippen molar-refractivity contribution < 1.29 is 4.79 Å². The number of hydrogen-bond acceptors (Lipinski definition) is 2. The molecule has 24 heavy (non-hydrogen) atoms. The van der Waals surface area contributed by atoms with Crippen LogP contribution in [0.25, 0.3) is 0 Å². The van der Waals surface area contributed by atoms with E-state index in [9.17, 15) is 4.79 Å². The number of amides is 1. The van der Waals surface area contributed by atoms with Crippen LogP contribution >= 0.6 is 0 Å². The largest absolute Gasteiger partial charge is 0.356 e. The first-order valence-electron chi connectivity index (χ1n) is 8.39. The van der Waals surface area contributed by atoms with Gasteiger partial charge in [-0.05, 0) is 24.8 Å². The third kappa shape index (κ3) is 7.81. The number of aliphatic imine (C=N–C) groups is 1. The summed E-state index contributed by atoms with van der Waals surface area (Å²) >= 11 is 0. The molecule has 0 heterocycles. The Morgan fingerprint density at radius 3 is 2.58 bits per heavy atom. The van der Waals surface area contributed by atoms with Crippen LogP contribution in [0.3, 0.4) is 0 Å². The number of benzene rings is 1. The lowest BCUT2D eigenvalue weighted by Crippen LogP contribution is -2.41. The average Bonchev–Trinajstić information content (AvgIpc) is 2.58. The summed E-state index contributed by atoms with van der Waals surface area (Å²) in [5, 5.41) is 3.37. The van der Waals surface area contributed by atoms with Gasteiger partial charge in [0.1, 0.15) is 6.54 Å². The number of hydrogen-bond donors (Lipinski definition) is 1. The Balaban J connectivity index is 2.59. The fourth-order valence-electron chi connectivity index (χ4n) is 2.14. The second-order valence-electron chi connectivity index (χ2n) is 5.94. The highest BCUT2D eigenvalue weighted by Crippen LogP contribution is 1.99. The first kappa shape index (κ1) is 19.7. The third-order valence-corrected chi connectivity index (χ3v) is 3.67. The average molecular weight is 330 g/mol. The van der Waals surface area contributed by atoms with Gasteiger partial charge in [0, 0.05) is 34.2 Å². The number of rotatable bonds is 9. The molecule has 0 saturated heterocycles. The molecule has 1 amide bonds. The van der Waals surface area contributed by atoms with Gasteiger partial charge in [-0.15, -0.1) is 6.58 Å². The molecule has 132 valence electrons. The molecule has 1 rings (SSSR count). The number of nitrogens with zero attached hydrogens (tertiary/aromatic N) is 3. The van der Waals surface area contributed by atoms with Gasteiger partial charge in [0.25, 0.3) is 0 Å². The second-order valence-corrected chi connectivity index (χ2v) is 5.94. The predicted molar refractivity (Wildman–Crippen MR) is 101 cm³/mol. The quantitative estimate of drug-likeness (QED) is 0.327. The van der Waals surface area contributed by atoms with E-state index in [2.05, 4.69) is 33.9 Å². The molecule has 0 atom stereocenters. The van der Waals surface area contributed by atoms with Gasteiger partial charge in [0.15, 0.2) is 5.96 Å². The fraction of sp³-hybridized carbons (Fsp3) is 0.474. The van der Waals surface area contributed by atoms with Crippen LogP contribution in [0.5, 0.6) is 0 Å². The minimum atomic E-state index is -0.00292. The molecule has 0 radical (unpaired) electrons. The van der Waals surface area contributed by atoms with Crippen molar-refractivity contribution in [2.75, 3.05) is 40.8 Å². The van der Waals surface area contributed by atoms with E-state index in [1.807, 2.05) is 31.3 Å². The van der Waals surface area contributed by atoms with E-state index in [1.54, 1.807) is 19.0 Å². The van der Waals surface area contributed by atoms with Gasteiger partial charge in [0.05, 0.1) is 0 Å². The maximum absolute atomic E-state index is 11.8. The Bertz CT molecular complexity index is 525. The normalized spacial score (nSPS) is 11.0. The van der Waals surface area contributed by atoms with Crippen LogP contribution in [0.1, 0.15) is 18.4 Å². The summed E-state index contributed by atoms with van der Waals surface area (Å²) in [4.78, 5) is 19.9. The molecule has 1 aromatic carbocycles. The molecule has 0 bridgehead atoms. The van der Waals surface area contributed by atoms with Crippen LogP contribution in [0.2, 0.25) is 0 Å². The van der Waals surface area contributed by atoms with Gasteiger partial charge >= 0.3 is 0 Å². The first-order valence-corrected chi connectivity index (χ1v) is 8.39. The number of allylic oxidation sites excluding steroid dienone is 1. The number of unbranched alkanes of at least 4 members (excludes halogenated alkanes) is 1. The van der Waals surface area contributed by atoms with E-state index in [1.165, 1.54) is 5.56 Å². The van der Waals surface area contributed by atoms with Gasteiger partial charge in [-0.3, -0.25) is 4.79 Å². The van der Waals surface area contributed by atoms with Gasteiger partial charge in [0.2, 0.25) is 5.91 Å². The topological polar surface area (TPSA) is 47.9 Å². The van der Waals surface area contributed by atoms with Gasteiger partial charge in [-0.25, -0.2) is 4.99 Å². The van der Waals surface area contributed by atoms with E-state index in [4.69, 9.17) is 0 Å². The van der Waals surface area contributed by atoms with Crippen molar-refractivity contribution in [1.82, 2.24) is 15.1 Å². The maximum atomic E-state index is 11.8. The van der Waals surface area contributed by atoms with Crippen LogP contribution in [0.4, 0.5) is 0 Å². The van der Waals surface area contributed by atoms with Crippen molar-refractivity contribution in [3.63, 3.8) is 0 Å². The summed E-state index contributed by atoms with van der Waals surface area (Å²) in [6.07, 6.45) is 4.82. The minimum absolute atomic E-state index is 0.00292. The molecule has 1 aromatic rings. The summed E-state index contributed by atoms with van der Waals surface area (Å²) in [6, 6.07) is 10.3. The molecular formula is C19H30N4O. The van der Waals surface area contributed by atoms with E-state index in [0.29, 0.717) is 0 Å². The molecule has 0 fully saturated rings. The molecule has 0 aromatic heterocycles. The Morgan fingerprint density at radius 2 is 1.96 bits per heavy atom. The van der Waals surface area contributed by atoms with E-state index in [-0.39, 0.29) is 12.5 Å². The van der Waals surface area contributed by atoms with Crippen molar-refractivity contribution in [3.8, 4) is 0 Å². The fourth-order valence-corrected chi connectivity index (χ4v) is 2.14. The van der Waals surface area contributed by atoms with Crippen LogP contribution < -0.4 is 5.32 Å². The molecule has 0 spiro atoms. The lowest BCUT2D eigenvalue weighted by atomic mass is 10.1. The van der Waals surface area contributed by atoms with Crippen LogP contribution in [0, 0.1) is 0 Å². The first-order chi connectivity index (χ1) is 11.5. The summed E-state index contributed by atoms with van der Waals surface area (Å²) < 4.78 is 0. The molecule has 5 nitrogen and oxygen atoms in total. The summed E-state index contributed by atoms with van der Waals surface area (Å²) in [5.41, 5.74) is 1.28. The summed E-state index contributed by atoms with van der Waals surface area (Å²) in [7, 11) is 5.49. The number of carbonyl (C=O) groups is 1. The highest BCUT2D eigenvalue weighted by Gasteiger charge is 2.08. The molecule has 0 aliphatic carbocycles. The predicted octanol–water partition coefficient (Wildman–Crippen LogP) is 2.16. The molecule has 0 aliphatic rings. The van der Waals surface area contributed by atoms with Crippen molar-refractivity contribution in [3.05, 3.63) is 48.6 Å². The van der Waals surface area contributed by atoms with Crippen molar-refractivity contribution in [2.24, 2.45) is 4.99 Å². The number of guanidine groups is 1. The Labute approximate surface area is 146 Å². The molecule has 0 aliphatic heterocycles. The van der Waals surface area contributed by atoms with Gasteiger partial charge in [-0.1, -0.05) is 36.4 Å². The van der Waals surface area contributed by atoms with Crippen molar-refractivity contribution >= 4 is 11.9 Å². The molecule has 0 unspecified atom stereocenters. The van der Waals surface area contributed by atoms with Crippen LogP contribution in [-0.2, 0) is 11.2 Å². The van der Waals surface area contributed by atoms with Crippen LogP contribution in [-0.4, -0.2) is 62.4 Å². The van der Waals surface area contributed by atoms with Crippen LogP contribution in [0.15, 0.2) is 48.0 Å². The molecule has 0 saturated carbocycles. The van der Waals surface area contributed by atoms with E-state index >= 15 is 0 Å². The third-order valence-electron chi connectivity index (χ3n) is 3.67. The summed E-state index contributed by atoms with van der Waals surface area (Å²) in [5.74, 6) is 0.766. The van der Waals surface area contributed by atoms with E-state index < -0.39 is 0 Å². The molecular weight excluding hydrogens is 300 g/mol. The SMILES string of the molecule is C=CCCCN(C)C(=NCC(=O)N(C)C)NCCc1ccccc1. The number of likely N-dealkylation sites (N-methyl/N-ethyl adjacent to an activating group) is 1. The van der Waals surface area contributed by atoms with Gasteiger partial charge < -0.3 is 15.1 Å². The lowest BCUT2D eigenvalue weighted by Gasteiger charge is -2.22. The Morgan fingerprint density at radius 1 is 1.25 bits per heavy atom. The standard InChI is InChI=1S/C19H30N4O/c1-5-6-10-15-23(4)19(21-16-18(24)22(2)3)20-14-13-17-11-8-7-9-12-17/h5,7-9,11-12H,1,6,10,13-16H2,2-4H3,(H,20,21). The summed E-state index contributed by atoms with van der Waals surface area (Å²) in [6.45, 7) is 5.57. The maximum Gasteiger partial charge on any atom is 0.243 e. The minimum Gasteiger partial charge on any atom is -0.356 e. The lowest BCUT2D eigenvalue weighted by molar-refractivity contribution is -0.127. The number of carbonyl (C=O) groups excluding carboxylic acids is 1. The number of nitrogens with one attached hydrogen (secondary N) is 1. The molecule has 1 N–H and O–H groups in total. The zero-order valence-corrected chi connectivity index (χ0v) is 15.2. The Hall–Kier alpha value is -2.30. The smallest absolute Gasteiger partial charge is 0.243 e. The van der Waals surface area contributed by atoms with Crippen molar-refractivity contribution in [1.29, 1.82) is 0 Å². The van der Waals surface area contributed by atoms with E-state index in [0.717, 1.165) is 38.3 Å². The van der Waals surface area contributed by atoms with Crippen molar-refractivity contribution in [2.45, 2.75) is 19.3 Å². The zero-order chi connectivity index (χ0) is 17.8. The second kappa shape index (κ2) is 11.3. The highest BCUT2D eigenvalue weighted by molar-refractivity contribution is 5.84. The highest BCUT2D eigenvalue weighted by atomic mass is 16.2. The monoisotopic (exact) mass is 330 g/mol. The zero-order valence-electron chi connectivity index (χ0n) is 15.2. The van der Waals surface area contributed by atoms with Gasteiger partial charge in [-0.2, -0.15) is 0 Å². The Kier molecular flexibility index (Phi) is 9.27. The molecule has 5 heteroatoms.